The van der Waals surface area contributed by atoms with Gasteiger partial charge in [0, 0.05) is 12.6 Å². The molecule has 1 aliphatic heterocycles. The summed E-state index contributed by atoms with van der Waals surface area (Å²) in [6.45, 7) is 1.13. The normalized spacial score (nSPS) is 27.4. The number of hydrogen-bond acceptors (Lipinski definition) is 4. The van der Waals surface area contributed by atoms with Crippen molar-refractivity contribution in [1.29, 1.82) is 0 Å². The highest BCUT2D eigenvalue weighted by atomic mass is 16.5. The van der Waals surface area contributed by atoms with Crippen molar-refractivity contribution < 1.29 is 19.4 Å². The molecule has 1 N–H and O–H groups in total. The average Bonchev–Trinajstić information content (AvgIpc) is 2.94. The van der Waals surface area contributed by atoms with Crippen LogP contribution in [0.5, 0.6) is 11.5 Å². The van der Waals surface area contributed by atoms with Crippen LogP contribution >= 0.6 is 0 Å². The number of para-hydroxylation sites is 2. The van der Waals surface area contributed by atoms with Gasteiger partial charge in [0.15, 0.2) is 11.5 Å². The lowest BCUT2D eigenvalue weighted by Crippen LogP contribution is -2.44. The number of ether oxygens (including phenoxy) is 2. The van der Waals surface area contributed by atoms with Crippen LogP contribution in [0.4, 0.5) is 0 Å². The number of nitrogens with zero attached hydrogens (tertiary/aromatic N) is 1. The largest absolute Gasteiger partial charge is 0.493 e. The van der Waals surface area contributed by atoms with Gasteiger partial charge >= 0.3 is 5.97 Å². The number of carboxylic acid groups (broad SMARTS) is 1. The Balaban J connectivity index is 1.62. The van der Waals surface area contributed by atoms with Gasteiger partial charge in [0.1, 0.15) is 12.6 Å². The van der Waals surface area contributed by atoms with Crippen molar-refractivity contribution in [1.82, 2.24) is 4.90 Å². The van der Waals surface area contributed by atoms with Crippen molar-refractivity contribution >= 4 is 5.97 Å². The van der Waals surface area contributed by atoms with Crippen LogP contribution in [-0.2, 0) is 4.79 Å². The van der Waals surface area contributed by atoms with E-state index in [9.17, 15) is 9.90 Å². The molecule has 23 heavy (non-hydrogen) atoms. The molecule has 1 saturated heterocycles. The molecule has 0 radical (unpaired) electrons. The van der Waals surface area contributed by atoms with Crippen molar-refractivity contribution in [2.45, 2.75) is 44.2 Å². The first kappa shape index (κ1) is 16.1. The van der Waals surface area contributed by atoms with Crippen molar-refractivity contribution in [3.8, 4) is 11.5 Å². The highest BCUT2D eigenvalue weighted by Crippen LogP contribution is 2.39. The first-order chi connectivity index (χ1) is 11.2. The SMILES string of the molecule is COc1ccccc1OCCN1[C@H](C(=O)O)C[C@H]2CCCC[C@@H]21. The van der Waals surface area contributed by atoms with Crippen LogP contribution in [0.1, 0.15) is 32.1 Å². The second-order valence-electron chi connectivity index (χ2n) is 6.44. The fourth-order valence-electron chi connectivity index (χ4n) is 4.12. The first-order valence-corrected chi connectivity index (χ1v) is 8.45. The van der Waals surface area contributed by atoms with Crippen molar-refractivity contribution in [3.05, 3.63) is 24.3 Å². The van der Waals surface area contributed by atoms with Crippen LogP contribution in [-0.4, -0.2) is 48.3 Å². The van der Waals surface area contributed by atoms with E-state index in [-0.39, 0.29) is 6.04 Å². The Hall–Kier alpha value is -1.75. The molecule has 1 saturated carbocycles. The third-order valence-electron chi connectivity index (χ3n) is 5.18. The molecule has 0 aromatic heterocycles. The molecule has 1 aliphatic carbocycles. The summed E-state index contributed by atoms with van der Waals surface area (Å²) in [5.41, 5.74) is 0. The lowest BCUT2D eigenvalue weighted by atomic mass is 9.85. The summed E-state index contributed by atoms with van der Waals surface area (Å²) in [5.74, 6) is 1.26. The van der Waals surface area contributed by atoms with E-state index in [1.807, 2.05) is 24.3 Å². The smallest absolute Gasteiger partial charge is 0.320 e. The fourth-order valence-corrected chi connectivity index (χ4v) is 4.12. The second kappa shape index (κ2) is 7.21. The molecule has 1 aromatic carbocycles. The Morgan fingerprint density at radius 1 is 1.26 bits per heavy atom. The van der Waals surface area contributed by atoms with Crippen LogP contribution in [0.25, 0.3) is 0 Å². The number of aliphatic carboxylic acids is 1. The molecule has 0 bridgehead atoms. The minimum absolute atomic E-state index is 0.357. The molecule has 1 heterocycles. The summed E-state index contributed by atoms with van der Waals surface area (Å²) in [7, 11) is 1.62. The number of fused-ring (bicyclic) bond motifs is 1. The lowest BCUT2D eigenvalue weighted by molar-refractivity contribution is -0.142. The van der Waals surface area contributed by atoms with Crippen molar-refractivity contribution in [3.63, 3.8) is 0 Å². The standard InChI is InChI=1S/C18H25NO4/c1-22-16-8-4-5-9-17(16)23-11-10-19-14-7-3-2-6-13(14)12-15(19)18(20)21/h4-5,8-9,13-15H,2-3,6-7,10-12H2,1H3,(H,20,21)/t13-,14+,15+/m1/s1. The monoisotopic (exact) mass is 319 g/mol. The molecule has 1 aromatic rings. The zero-order chi connectivity index (χ0) is 16.2. The predicted molar refractivity (Wildman–Crippen MR) is 87.0 cm³/mol. The van der Waals surface area contributed by atoms with E-state index in [1.165, 1.54) is 12.8 Å². The number of carbonyl (C=O) groups is 1. The van der Waals surface area contributed by atoms with Gasteiger partial charge in [0.25, 0.3) is 0 Å². The maximum atomic E-state index is 11.6. The zero-order valence-electron chi connectivity index (χ0n) is 13.6. The minimum atomic E-state index is -0.698. The Morgan fingerprint density at radius 3 is 2.74 bits per heavy atom. The minimum Gasteiger partial charge on any atom is -0.493 e. The Bertz CT molecular complexity index is 548. The molecule has 0 spiro atoms. The molecule has 0 unspecified atom stereocenters. The van der Waals surface area contributed by atoms with Crippen LogP contribution in [0.15, 0.2) is 24.3 Å². The van der Waals surface area contributed by atoms with Crippen molar-refractivity contribution in [2.75, 3.05) is 20.3 Å². The number of benzene rings is 1. The van der Waals surface area contributed by atoms with Gasteiger partial charge in [-0.3, -0.25) is 9.69 Å². The molecule has 3 atom stereocenters. The van der Waals surface area contributed by atoms with E-state index in [2.05, 4.69) is 4.90 Å². The van der Waals surface area contributed by atoms with E-state index in [1.54, 1.807) is 7.11 Å². The van der Waals surface area contributed by atoms with Gasteiger partial charge < -0.3 is 14.6 Å². The Morgan fingerprint density at radius 2 is 2.00 bits per heavy atom. The second-order valence-corrected chi connectivity index (χ2v) is 6.44. The van der Waals surface area contributed by atoms with Gasteiger partial charge in [-0.2, -0.15) is 0 Å². The van der Waals surface area contributed by atoms with E-state index < -0.39 is 5.97 Å². The van der Waals surface area contributed by atoms with Gasteiger partial charge in [0.2, 0.25) is 0 Å². The molecular weight excluding hydrogens is 294 g/mol. The average molecular weight is 319 g/mol. The van der Waals surface area contributed by atoms with E-state index in [0.717, 1.165) is 19.3 Å². The third-order valence-corrected chi connectivity index (χ3v) is 5.18. The van der Waals surface area contributed by atoms with E-state index in [0.29, 0.717) is 36.6 Å². The summed E-state index contributed by atoms with van der Waals surface area (Å²) < 4.78 is 11.1. The summed E-state index contributed by atoms with van der Waals surface area (Å²) >= 11 is 0. The van der Waals surface area contributed by atoms with Gasteiger partial charge in [-0.1, -0.05) is 25.0 Å². The summed E-state index contributed by atoms with van der Waals surface area (Å²) in [6.07, 6.45) is 5.51. The Kier molecular flexibility index (Phi) is 5.06. The van der Waals surface area contributed by atoms with Crippen LogP contribution in [0, 0.1) is 5.92 Å². The number of hydrogen-bond donors (Lipinski definition) is 1. The highest BCUT2D eigenvalue weighted by molar-refractivity contribution is 5.74. The Labute approximate surface area is 137 Å². The maximum absolute atomic E-state index is 11.6. The highest BCUT2D eigenvalue weighted by Gasteiger charge is 2.44. The zero-order valence-corrected chi connectivity index (χ0v) is 13.6. The van der Waals surface area contributed by atoms with Gasteiger partial charge in [-0.25, -0.2) is 0 Å². The number of rotatable bonds is 6. The first-order valence-electron chi connectivity index (χ1n) is 8.45. The molecule has 5 heteroatoms. The third kappa shape index (κ3) is 3.44. The fraction of sp³-hybridized carbons (Fsp3) is 0.611. The summed E-state index contributed by atoms with van der Waals surface area (Å²) in [6, 6.07) is 7.60. The van der Waals surface area contributed by atoms with Crippen LogP contribution in [0.3, 0.4) is 0 Å². The number of likely N-dealkylation sites (tertiary alicyclic amines) is 1. The van der Waals surface area contributed by atoms with Crippen LogP contribution in [0.2, 0.25) is 0 Å². The van der Waals surface area contributed by atoms with Crippen molar-refractivity contribution in [2.24, 2.45) is 5.92 Å². The maximum Gasteiger partial charge on any atom is 0.320 e. The molecule has 0 amide bonds. The van der Waals surface area contributed by atoms with Gasteiger partial charge in [-0.05, 0) is 37.3 Å². The quantitative estimate of drug-likeness (QED) is 0.874. The molecular formula is C18H25NO4. The summed E-state index contributed by atoms with van der Waals surface area (Å²) in [4.78, 5) is 13.7. The number of methoxy groups -OCH3 is 1. The van der Waals surface area contributed by atoms with Gasteiger partial charge in [-0.15, -0.1) is 0 Å². The molecule has 126 valence electrons. The van der Waals surface area contributed by atoms with Gasteiger partial charge in [0.05, 0.1) is 7.11 Å². The summed E-state index contributed by atoms with van der Waals surface area (Å²) in [5, 5.41) is 9.53. The number of carboxylic acids is 1. The van der Waals surface area contributed by atoms with E-state index >= 15 is 0 Å². The molecule has 2 aliphatic rings. The topological polar surface area (TPSA) is 59.0 Å². The van der Waals surface area contributed by atoms with E-state index in [4.69, 9.17) is 9.47 Å². The molecule has 5 nitrogen and oxygen atoms in total. The predicted octanol–water partition coefficient (Wildman–Crippen LogP) is 2.79. The lowest BCUT2D eigenvalue weighted by Gasteiger charge is -2.32. The van der Waals surface area contributed by atoms with Crippen LogP contribution < -0.4 is 9.47 Å². The molecule has 2 fully saturated rings. The molecule has 3 rings (SSSR count).